The van der Waals surface area contributed by atoms with Gasteiger partial charge in [-0.3, -0.25) is 4.79 Å². The molecule has 154 valence electrons. The summed E-state index contributed by atoms with van der Waals surface area (Å²) in [5, 5.41) is 10.5. The maximum Gasteiger partial charge on any atom is 0.271 e. The van der Waals surface area contributed by atoms with E-state index in [9.17, 15) is 9.18 Å². The SMILES string of the molecule is O=C(N/N=C\c1ccc(F)cc1)c1ccc(-c2csc(Nc3ccc(Cl)cc3)n2)cc1. The van der Waals surface area contributed by atoms with E-state index in [4.69, 9.17) is 11.6 Å². The van der Waals surface area contributed by atoms with Gasteiger partial charge in [-0.25, -0.2) is 14.8 Å². The molecule has 0 radical (unpaired) electrons. The van der Waals surface area contributed by atoms with Gasteiger partial charge >= 0.3 is 0 Å². The van der Waals surface area contributed by atoms with Gasteiger partial charge < -0.3 is 5.32 Å². The molecule has 0 fully saturated rings. The molecule has 5 nitrogen and oxygen atoms in total. The first-order chi connectivity index (χ1) is 15.1. The molecule has 1 amide bonds. The number of hydrogen-bond donors (Lipinski definition) is 2. The molecule has 0 aliphatic heterocycles. The maximum atomic E-state index is 12.9. The zero-order valence-electron chi connectivity index (χ0n) is 16.0. The minimum absolute atomic E-state index is 0.325. The molecule has 0 spiro atoms. The van der Waals surface area contributed by atoms with Crippen molar-refractivity contribution in [3.63, 3.8) is 0 Å². The van der Waals surface area contributed by atoms with Crippen LogP contribution in [0.3, 0.4) is 0 Å². The van der Waals surface area contributed by atoms with Crippen LogP contribution in [0.25, 0.3) is 11.3 Å². The van der Waals surface area contributed by atoms with Crippen molar-refractivity contribution in [3.05, 3.63) is 100 Å². The van der Waals surface area contributed by atoms with Crippen molar-refractivity contribution < 1.29 is 9.18 Å². The van der Waals surface area contributed by atoms with Crippen LogP contribution in [0.2, 0.25) is 5.02 Å². The third-order valence-electron chi connectivity index (χ3n) is 4.29. The van der Waals surface area contributed by atoms with Crippen LogP contribution in [0.1, 0.15) is 15.9 Å². The van der Waals surface area contributed by atoms with Crippen LogP contribution in [0.5, 0.6) is 0 Å². The second-order valence-electron chi connectivity index (χ2n) is 6.50. The van der Waals surface area contributed by atoms with E-state index >= 15 is 0 Å². The number of anilines is 2. The van der Waals surface area contributed by atoms with Crippen LogP contribution >= 0.6 is 22.9 Å². The summed E-state index contributed by atoms with van der Waals surface area (Å²) in [6.07, 6.45) is 1.45. The highest BCUT2D eigenvalue weighted by molar-refractivity contribution is 7.14. The molecule has 4 aromatic rings. The van der Waals surface area contributed by atoms with E-state index in [1.807, 2.05) is 41.8 Å². The summed E-state index contributed by atoms with van der Waals surface area (Å²) in [5.74, 6) is -0.664. The topological polar surface area (TPSA) is 66.4 Å². The number of nitrogens with zero attached hydrogens (tertiary/aromatic N) is 2. The molecule has 0 saturated heterocycles. The van der Waals surface area contributed by atoms with E-state index in [0.29, 0.717) is 16.1 Å². The van der Waals surface area contributed by atoms with Gasteiger partial charge in [-0.1, -0.05) is 35.9 Å². The number of aromatic nitrogens is 1. The molecule has 4 rings (SSSR count). The van der Waals surface area contributed by atoms with Gasteiger partial charge in [0.1, 0.15) is 5.82 Å². The summed E-state index contributed by atoms with van der Waals surface area (Å²) < 4.78 is 12.9. The lowest BCUT2D eigenvalue weighted by molar-refractivity contribution is 0.0955. The lowest BCUT2D eigenvalue weighted by Gasteiger charge is -2.03. The summed E-state index contributed by atoms with van der Waals surface area (Å²) in [4.78, 5) is 16.8. The predicted molar refractivity (Wildman–Crippen MR) is 124 cm³/mol. The monoisotopic (exact) mass is 450 g/mol. The van der Waals surface area contributed by atoms with Crippen molar-refractivity contribution in [2.75, 3.05) is 5.32 Å². The molecule has 0 aliphatic carbocycles. The van der Waals surface area contributed by atoms with Gasteiger partial charge in [-0.2, -0.15) is 5.10 Å². The number of thiazole rings is 1. The van der Waals surface area contributed by atoms with Gasteiger partial charge in [0, 0.05) is 27.2 Å². The number of benzene rings is 3. The molecule has 3 aromatic carbocycles. The van der Waals surface area contributed by atoms with Crippen LogP contribution in [0, 0.1) is 5.82 Å². The second-order valence-corrected chi connectivity index (χ2v) is 7.79. The second kappa shape index (κ2) is 9.51. The van der Waals surface area contributed by atoms with E-state index in [1.54, 1.807) is 24.3 Å². The van der Waals surface area contributed by atoms with Gasteiger partial charge in [0.2, 0.25) is 0 Å². The van der Waals surface area contributed by atoms with E-state index in [-0.39, 0.29) is 11.7 Å². The summed E-state index contributed by atoms with van der Waals surface area (Å²) >= 11 is 7.39. The van der Waals surface area contributed by atoms with Crippen molar-refractivity contribution in [2.24, 2.45) is 5.10 Å². The lowest BCUT2D eigenvalue weighted by atomic mass is 10.1. The van der Waals surface area contributed by atoms with Crippen LogP contribution < -0.4 is 10.7 Å². The molecule has 8 heteroatoms. The average molecular weight is 451 g/mol. The van der Waals surface area contributed by atoms with E-state index in [0.717, 1.165) is 22.1 Å². The summed E-state index contributed by atoms with van der Waals surface area (Å²) in [7, 11) is 0. The number of halogens is 2. The first-order valence-electron chi connectivity index (χ1n) is 9.24. The fraction of sp³-hybridized carbons (Fsp3) is 0. The van der Waals surface area contributed by atoms with Gasteiger partial charge in [0.15, 0.2) is 5.13 Å². The number of carbonyl (C=O) groups excluding carboxylic acids is 1. The van der Waals surface area contributed by atoms with E-state index < -0.39 is 0 Å². The molecule has 0 unspecified atom stereocenters. The Kier molecular flexibility index (Phi) is 6.35. The molecule has 0 bridgehead atoms. The largest absolute Gasteiger partial charge is 0.332 e. The molecular formula is C23H16ClFN4OS. The first kappa shape index (κ1) is 20.7. The third kappa shape index (κ3) is 5.53. The normalized spacial score (nSPS) is 10.9. The third-order valence-corrected chi connectivity index (χ3v) is 5.30. The minimum Gasteiger partial charge on any atom is -0.332 e. The highest BCUT2D eigenvalue weighted by Gasteiger charge is 2.08. The maximum absolute atomic E-state index is 12.9. The molecular weight excluding hydrogens is 435 g/mol. The standard InChI is InChI=1S/C23H16ClFN4OS/c24-18-7-11-20(12-8-18)27-23-28-21(14-31-23)16-3-5-17(6-4-16)22(30)29-26-13-15-1-9-19(25)10-2-15/h1-14H,(H,27,28)(H,29,30)/b26-13-. The Bertz CT molecular complexity index is 1210. The number of hydrogen-bond acceptors (Lipinski definition) is 5. The number of hydrazone groups is 1. The van der Waals surface area contributed by atoms with Crippen molar-refractivity contribution in [1.29, 1.82) is 0 Å². The average Bonchev–Trinajstić information content (AvgIpc) is 3.25. The Morgan fingerprint density at radius 3 is 2.42 bits per heavy atom. The molecule has 0 aliphatic rings. The molecule has 2 N–H and O–H groups in total. The highest BCUT2D eigenvalue weighted by Crippen LogP contribution is 2.27. The highest BCUT2D eigenvalue weighted by atomic mass is 35.5. The van der Waals surface area contributed by atoms with Gasteiger partial charge in [0.25, 0.3) is 5.91 Å². The summed E-state index contributed by atoms with van der Waals surface area (Å²) in [6, 6.07) is 20.3. The van der Waals surface area contributed by atoms with Crippen molar-refractivity contribution in [2.45, 2.75) is 0 Å². The molecule has 0 atom stereocenters. The fourth-order valence-electron chi connectivity index (χ4n) is 2.69. The minimum atomic E-state index is -0.340. The summed E-state index contributed by atoms with van der Waals surface area (Å²) in [5.41, 5.74) is 6.22. The number of amides is 1. The van der Waals surface area contributed by atoms with Crippen LogP contribution in [-0.4, -0.2) is 17.1 Å². The number of rotatable bonds is 6. The fourth-order valence-corrected chi connectivity index (χ4v) is 3.56. The van der Waals surface area contributed by atoms with Gasteiger partial charge in [-0.05, 0) is 54.1 Å². The van der Waals surface area contributed by atoms with Crippen LogP contribution in [0.15, 0.2) is 83.3 Å². The number of carbonyl (C=O) groups is 1. The first-order valence-corrected chi connectivity index (χ1v) is 10.5. The van der Waals surface area contributed by atoms with Crippen molar-refractivity contribution in [3.8, 4) is 11.3 Å². The zero-order chi connectivity index (χ0) is 21.6. The molecule has 0 saturated carbocycles. The van der Waals surface area contributed by atoms with Gasteiger partial charge in [0.05, 0.1) is 11.9 Å². The van der Waals surface area contributed by atoms with Crippen molar-refractivity contribution >= 4 is 45.9 Å². The van der Waals surface area contributed by atoms with Crippen LogP contribution in [0.4, 0.5) is 15.2 Å². The van der Waals surface area contributed by atoms with Crippen molar-refractivity contribution in [1.82, 2.24) is 10.4 Å². The molecule has 1 heterocycles. The zero-order valence-corrected chi connectivity index (χ0v) is 17.6. The smallest absolute Gasteiger partial charge is 0.271 e. The lowest BCUT2D eigenvalue weighted by Crippen LogP contribution is -2.17. The van der Waals surface area contributed by atoms with E-state index in [2.05, 4.69) is 20.8 Å². The molecule has 31 heavy (non-hydrogen) atoms. The Hall–Kier alpha value is -3.55. The Morgan fingerprint density at radius 2 is 1.71 bits per heavy atom. The summed E-state index contributed by atoms with van der Waals surface area (Å²) in [6.45, 7) is 0. The number of nitrogens with one attached hydrogen (secondary N) is 2. The molecule has 1 aromatic heterocycles. The van der Waals surface area contributed by atoms with E-state index in [1.165, 1.54) is 29.7 Å². The Balaban J connectivity index is 1.37. The quantitative estimate of drug-likeness (QED) is 0.275. The van der Waals surface area contributed by atoms with Crippen LogP contribution in [-0.2, 0) is 0 Å². The van der Waals surface area contributed by atoms with Gasteiger partial charge in [-0.15, -0.1) is 11.3 Å². The predicted octanol–water partition coefficient (Wildman–Crippen LogP) is 6.11. The Labute approximate surface area is 187 Å². The Morgan fingerprint density at radius 1 is 1.00 bits per heavy atom.